The molecule has 0 spiro atoms. The Morgan fingerprint density at radius 3 is 2.52 bits per heavy atom. The molecule has 0 bridgehead atoms. The predicted octanol–water partition coefficient (Wildman–Crippen LogP) is 4.30. The number of piperazine rings is 1. The molecule has 1 aliphatic heterocycles. The van der Waals surface area contributed by atoms with E-state index in [4.69, 9.17) is 11.6 Å². The van der Waals surface area contributed by atoms with E-state index in [1.807, 2.05) is 55.6 Å². The highest BCUT2D eigenvalue weighted by atomic mass is 35.5. The van der Waals surface area contributed by atoms with Crippen LogP contribution in [0.25, 0.3) is 10.2 Å². The van der Waals surface area contributed by atoms with Gasteiger partial charge in [0.25, 0.3) is 5.91 Å². The quantitative estimate of drug-likeness (QED) is 0.461. The third-order valence-corrected chi connectivity index (χ3v) is 7.28. The number of nitrogens with one attached hydrogen (secondary N) is 1. The summed E-state index contributed by atoms with van der Waals surface area (Å²) in [7, 11) is 0. The Morgan fingerprint density at radius 2 is 1.79 bits per heavy atom. The monoisotopic (exact) mass is 478 g/mol. The molecule has 0 unspecified atom stereocenters. The average molecular weight is 479 g/mol. The molecule has 168 valence electrons. The van der Waals surface area contributed by atoms with Crippen molar-refractivity contribution in [2.75, 3.05) is 36.0 Å². The number of carbonyl (C=O) groups excluding carboxylic acids is 1. The van der Waals surface area contributed by atoms with Crippen LogP contribution in [0.4, 0.5) is 11.6 Å². The van der Waals surface area contributed by atoms with Crippen LogP contribution in [-0.2, 0) is 6.54 Å². The van der Waals surface area contributed by atoms with E-state index in [1.54, 1.807) is 6.33 Å². The molecule has 0 radical (unpaired) electrons. The molecule has 4 heterocycles. The summed E-state index contributed by atoms with van der Waals surface area (Å²) >= 11 is 7.36. The van der Waals surface area contributed by atoms with Crippen LogP contribution in [0.5, 0.6) is 0 Å². The van der Waals surface area contributed by atoms with Gasteiger partial charge in [-0.3, -0.25) is 4.79 Å². The van der Waals surface area contributed by atoms with Crippen molar-refractivity contribution in [3.63, 3.8) is 0 Å². The van der Waals surface area contributed by atoms with Crippen LogP contribution in [0.3, 0.4) is 0 Å². The maximum absolute atomic E-state index is 13.0. The number of hydrogen-bond acceptors (Lipinski definition) is 7. The third kappa shape index (κ3) is 4.49. The number of amides is 1. The highest BCUT2D eigenvalue weighted by molar-refractivity contribution is 7.20. The number of aromatic nitrogens is 3. The SMILES string of the molecule is Cc1c(C(=O)NCc2ccc(Cl)cc2)sc2ncnc(N3CCN(c4ccccn4)CC3)c12. The smallest absolute Gasteiger partial charge is 0.261 e. The second-order valence-electron chi connectivity index (χ2n) is 7.90. The fourth-order valence-corrected chi connectivity index (χ4v) is 5.25. The van der Waals surface area contributed by atoms with Crippen molar-refractivity contribution >= 4 is 50.7 Å². The molecular weight excluding hydrogens is 456 g/mol. The number of hydrogen-bond donors (Lipinski definition) is 1. The van der Waals surface area contributed by atoms with Gasteiger partial charge in [-0.15, -0.1) is 11.3 Å². The molecule has 5 rings (SSSR count). The molecule has 1 saturated heterocycles. The summed E-state index contributed by atoms with van der Waals surface area (Å²) in [5.41, 5.74) is 1.92. The maximum atomic E-state index is 13.0. The third-order valence-electron chi connectivity index (χ3n) is 5.83. The Hall–Kier alpha value is -3.23. The molecule has 1 aromatic carbocycles. The van der Waals surface area contributed by atoms with Gasteiger partial charge in [-0.05, 0) is 42.3 Å². The Balaban J connectivity index is 1.34. The lowest BCUT2D eigenvalue weighted by Gasteiger charge is -2.36. The summed E-state index contributed by atoms with van der Waals surface area (Å²) in [6.45, 7) is 5.80. The lowest BCUT2D eigenvalue weighted by molar-refractivity contribution is 0.0954. The van der Waals surface area contributed by atoms with Crippen LogP contribution in [0.15, 0.2) is 55.0 Å². The van der Waals surface area contributed by atoms with E-state index < -0.39 is 0 Å². The van der Waals surface area contributed by atoms with Crippen molar-refractivity contribution in [2.24, 2.45) is 0 Å². The Morgan fingerprint density at radius 1 is 1.03 bits per heavy atom. The summed E-state index contributed by atoms with van der Waals surface area (Å²) in [6, 6.07) is 13.4. The number of anilines is 2. The summed E-state index contributed by atoms with van der Waals surface area (Å²) in [6.07, 6.45) is 3.41. The molecular formula is C24H23ClN6OS. The second kappa shape index (κ2) is 9.33. The lowest BCUT2D eigenvalue weighted by atomic mass is 10.1. The van der Waals surface area contributed by atoms with Crippen LogP contribution in [0.1, 0.15) is 20.8 Å². The largest absolute Gasteiger partial charge is 0.353 e. The summed E-state index contributed by atoms with van der Waals surface area (Å²) in [5, 5.41) is 4.65. The minimum absolute atomic E-state index is 0.101. The number of nitrogens with zero attached hydrogens (tertiary/aromatic N) is 5. The first-order valence-corrected chi connectivity index (χ1v) is 12.0. The summed E-state index contributed by atoms with van der Waals surface area (Å²) in [4.78, 5) is 32.6. The molecule has 1 N–H and O–H groups in total. The van der Waals surface area contributed by atoms with E-state index in [0.29, 0.717) is 16.4 Å². The van der Waals surface area contributed by atoms with Gasteiger partial charge in [-0.1, -0.05) is 29.8 Å². The average Bonchev–Trinajstić information content (AvgIpc) is 3.21. The molecule has 0 saturated carbocycles. The van der Waals surface area contributed by atoms with Crippen LogP contribution < -0.4 is 15.1 Å². The molecule has 1 aliphatic rings. The van der Waals surface area contributed by atoms with Gasteiger partial charge in [0, 0.05) is 43.9 Å². The molecule has 9 heteroatoms. The Labute approximate surface area is 201 Å². The zero-order valence-corrected chi connectivity index (χ0v) is 19.7. The number of carbonyl (C=O) groups is 1. The molecule has 3 aromatic heterocycles. The Bertz CT molecular complexity index is 1270. The maximum Gasteiger partial charge on any atom is 0.261 e. The van der Waals surface area contributed by atoms with Gasteiger partial charge in [-0.2, -0.15) is 0 Å². The lowest BCUT2D eigenvalue weighted by Crippen LogP contribution is -2.47. The second-order valence-corrected chi connectivity index (χ2v) is 9.34. The number of thiophene rings is 1. The van der Waals surface area contributed by atoms with Gasteiger partial charge in [0.2, 0.25) is 0 Å². The molecule has 1 fully saturated rings. The molecule has 0 atom stereocenters. The van der Waals surface area contributed by atoms with Crippen molar-refractivity contribution in [1.82, 2.24) is 20.3 Å². The molecule has 0 aliphatic carbocycles. The van der Waals surface area contributed by atoms with Crippen molar-refractivity contribution in [3.05, 3.63) is 76.0 Å². The van der Waals surface area contributed by atoms with Crippen molar-refractivity contribution in [1.29, 1.82) is 0 Å². The number of pyridine rings is 1. The van der Waals surface area contributed by atoms with Gasteiger partial charge in [0.05, 0.1) is 10.3 Å². The van der Waals surface area contributed by atoms with Crippen molar-refractivity contribution in [3.8, 4) is 0 Å². The number of fused-ring (bicyclic) bond motifs is 1. The standard InChI is InChI=1S/C24H23ClN6OS/c1-16-20-22(31-12-10-30(11-13-31)19-4-2-3-9-26-19)28-15-29-24(20)33-21(16)23(32)27-14-17-5-7-18(25)8-6-17/h2-9,15H,10-14H2,1H3,(H,27,32). The minimum atomic E-state index is -0.101. The van der Waals surface area contributed by atoms with E-state index in [9.17, 15) is 4.79 Å². The topological polar surface area (TPSA) is 74.2 Å². The molecule has 1 amide bonds. The van der Waals surface area contributed by atoms with Crippen LogP contribution in [0.2, 0.25) is 5.02 Å². The minimum Gasteiger partial charge on any atom is -0.353 e. The van der Waals surface area contributed by atoms with E-state index in [2.05, 4.69) is 30.1 Å². The van der Waals surface area contributed by atoms with Crippen LogP contribution >= 0.6 is 22.9 Å². The Kier molecular flexibility index (Phi) is 6.11. The zero-order chi connectivity index (χ0) is 22.8. The van der Waals surface area contributed by atoms with Gasteiger partial charge in [-0.25, -0.2) is 15.0 Å². The van der Waals surface area contributed by atoms with Gasteiger partial charge in [0.15, 0.2) is 0 Å². The van der Waals surface area contributed by atoms with Gasteiger partial charge in [0.1, 0.15) is 22.8 Å². The number of benzene rings is 1. The summed E-state index contributed by atoms with van der Waals surface area (Å²) < 4.78 is 0. The van der Waals surface area contributed by atoms with Gasteiger partial charge < -0.3 is 15.1 Å². The molecule has 7 nitrogen and oxygen atoms in total. The molecule has 33 heavy (non-hydrogen) atoms. The number of rotatable bonds is 5. The van der Waals surface area contributed by atoms with Crippen molar-refractivity contribution < 1.29 is 4.79 Å². The zero-order valence-electron chi connectivity index (χ0n) is 18.2. The summed E-state index contributed by atoms with van der Waals surface area (Å²) in [5.74, 6) is 1.79. The highest BCUT2D eigenvalue weighted by Gasteiger charge is 2.24. The fraction of sp³-hybridized carbons (Fsp3) is 0.250. The van der Waals surface area contributed by atoms with Gasteiger partial charge >= 0.3 is 0 Å². The number of halogens is 1. The first-order chi connectivity index (χ1) is 16.1. The van der Waals surface area contributed by atoms with Crippen molar-refractivity contribution in [2.45, 2.75) is 13.5 Å². The van der Waals surface area contributed by atoms with E-state index in [-0.39, 0.29) is 5.91 Å². The predicted molar refractivity (Wildman–Crippen MR) is 133 cm³/mol. The molecule has 4 aromatic rings. The fourth-order valence-electron chi connectivity index (χ4n) is 4.06. The van der Waals surface area contributed by atoms with E-state index >= 15 is 0 Å². The number of aryl methyl sites for hydroxylation is 1. The highest BCUT2D eigenvalue weighted by Crippen LogP contribution is 2.35. The van der Waals surface area contributed by atoms with E-state index in [1.165, 1.54) is 11.3 Å². The van der Waals surface area contributed by atoms with Crippen LogP contribution in [0, 0.1) is 6.92 Å². The first kappa shape index (κ1) is 21.6. The first-order valence-electron chi connectivity index (χ1n) is 10.8. The normalized spacial score (nSPS) is 14.0. The van der Waals surface area contributed by atoms with Crippen LogP contribution in [-0.4, -0.2) is 47.0 Å². The van der Waals surface area contributed by atoms with E-state index in [0.717, 1.165) is 59.2 Å².